The molecular weight excluding hydrogens is 344 g/mol. The van der Waals surface area contributed by atoms with Crippen LogP contribution in [0.2, 0.25) is 0 Å². The summed E-state index contributed by atoms with van der Waals surface area (Å²) < 4.78 is 0. The minimum atomic E-state index is 0.0239. The summed E-state index contributed by atoms with van der Waals surface area (Å²) in [6, 6.07) is 19.2. The van der Waals surface area contributed by atoms with E-state index in [-0.39, 0.29) is 11.5 Å². The van der Waals surface area contributed by atoms with Gasteiger partial charge in [-0.2, -0.15) is 0 Å². The molecule has 0 amide bonds. The predicted octanol–water partition coefficient (Wildman–Crippen LogP) is 4.87. The van der Waals surface area contributed by atoms with Crippen molar-refractivity contribution in [3.63, 3.8) is 0 Å². The number of nitrogens with one attached hydrogen (secondary N) is 1. The lowest BCUT2D eigenvalue weighted by Crippen LogP contribution is -2.26. The lowest BCUT2D eigenvalue weighted by Gasteiger charge is -2.26. The molecule has 1 aliphatic rings. The smallest absolute Gasteiger partial charge is 0.251 e. The first-order chi connectivity index (χ1) is 13.6. The van der Waals surface area contributed by atoms with Gasteiger partial charge < -0.3 is 9.88 Å². The minimum Gasteiger partial charge on any atom is -0.322 e. The summed E-state index contributed by atoms with van der Waals surface area (Å²) in [6.45, 7) is 4.29. The van der Waals surface area contributed by atoms with Crippen LogP contribution in [0.5, 0.6) is 0 Å². The van der Waals surface area contributed by atoms with Gasteiger partial charge in [-0.15, -0.1) is 0 Å². The van der Waals surface area contributed by atoms with Crippen molar-refractivity contribution >= 4 is 10.9 Å². The topological polar surface area (TPSA) is 36.1 Å². The summed E-state index contributed by atoms with van der Waals surface area (Å²) in [5.74, 6) is 0.237. The fourth-order valence-corrected chi connectivity index (χ4v) is 4.08. The van der Waals surface area contributed by atoms with Gasteiger partial charge in [-0.1, -0.05) is 55.0 Å². The third kappa shape index (κ3) is 3.95. The SMILES string of the molecule is CCc1cc2cc(C(C=C3CCN(C)CC3)c3ccccc3)ccc2[nH]c1=O. The molecule has 28 heavy (non-hydrogen) atoms. The third-order valence-electron chi connectivity index (χ3n) is 5.88. The van der Waals surface area contributed by atoms with E-state index >= 15 is 0 Å². The quantitative estimate of drug-likeness (QED) is 0.663. The maximum absolute atomic E-state index is 12.1. The molecule has 1 aromatic heterocycles. The van der Waals surface area contributed by atoms with Crippen LogP contribution in [0.25, 0.3) is 10.9 Å². The second-order valence-corrected chi connectivity index (χ2v) is 7.84. The molecule has 0 spiro atoms. The van der Waals surface area contributed by atoms with Crippen molar-refractivity contribution in [1.29, 1.82) is 0 Å². The van der Waals surface area contributed by atoms with E-state index in [1.54, 1.807) is 5.57 Å². The maximum atomic E-state index is 12.1. The van der Waals surface area contributed by atoms with Crippen molar-refractivity contribution in [3.05, 3.63) is 93.3 Å². The van der Waals surface area contributed by atoms with E-state index in [0.717, 1.165) is 48.8 Å². The number of pyridine rings is 1. The number of rotatable bonds is 4. The van der Waals surface area contributed by atoms with Gasteiger partial charge >= 0.3 is 0 Å². The highest BCUT2D eigenvalue weighted by Gasteiger charge is 2.16. The first-order valence-electron chi connectivity index (χ1n) is 10.2. The number of piperidine rings is 1. The van der Waals surface area contributed by atoms with Crippen molar-refractivity contribution in [2.45, 2.75) is 32.1 Å². The van der Waals surface area contributed by atoms with Crippen LogP contribution in [0, 0.1) is 0 Å². The Morgan fingerprint density at radius 2 is 1.79 bits per heavy atom. The molecule has 0 radical (unpaired) electrons. The number of hydrogen-bond acceptors (Lipinski definition) is 2. The zero-order valence-electron chi connectivity index (χ0n) is 16.7. The lowest BCUT2D eigenvalue weighted by atomic mass is 9.87. The number of H-pyrrole nitrogens is 1. The van der Waals surface area contributed by atoms with E-state index in [4.69, 9.17) is 0 Å². The molecule has 3 heteroatoms. The molecule has 3 aromatic rings. The van der Waals surface area contributed by atoms with Gasteiger partial charge in [0.25, 0.3) is 5.56 Å². The van der Waals surface area contributed by atoms with E-state index in [2.05, 4.69) is 71.5 Å². The standard InChI is InChI=1S/C25H28N2O/c1-3-19-16-22-17-21(9-10-24(22)26-25(19)28)23(20-7-5-4-6-8-20)15-18-11-13-27(2)14-12-18/h4-10,15-17,23H,3,11-14H2,1-2H3,(H,26,28). The molecular formula is C25H28N2O. The van der Waals surface area contributed by atoms with Crippen molar-refractivity contribution in [2.24, 2.45) is 0 Å². The fraction of sp³-hybridized carbons (Fsp3) is 0.320. The van der Waals surface area contributed by atoms with Crippen LogP contribution in [-0.2, 0) is 6.42 Å². The lowest BCUT2D eigenvalue weighted by molar-refractivity contribution is 0.312. The molecule has 4 rings (SSSR count). The van der Waals surface area contributed by atoms with E-state index < -0.39 is 0 Å². The Kier molecular flexibility index (Phi) is 5.45. The highest BCUT2D eigenvalue weighted by molar-refractivity contribution is 5.80. The second kappa shape index (κ2) is 8.15. The monoisotopic (exact) mass is 372 g/mol. The number of aromatic amines is 1. The van der Waals surface area contributed by atoms with Crippen molar-refractivity contribution < 1.29 is 0 Å². The zero-order valence-corrected chi connectivity index (χ0v) is 16.7. The normalized spacial score (nSPS) is 16.3. The van der Waals surface area contributed by atoms with Crippen LogP contribution in [0.3, 0.4) is 0 Å². The number of allylic oxidation sites excluding steroid dienone is 1. The molecule has 3 nitrogen and oxygen atoms in total. The number of benzene rings is 2. The molecule has 0 saturated carbocycles. The number of likely N-dealkylation sites (tertiary alicyclic amines) is 1. The number of aryl methyl sites for hydroxylation is 1. The van der Waals surface area contributed by atoms with Crippen molar-refractivity contribution in [3.8, 4) is 0 Å². The molecule has 0 bridgehead atoms. The van der Waals surface area contributed by atoms with Gasteiger partial charge in [0, 0.05) is 30.1 Å². The van der Waals surface area contributed by atoms with Crippen LogP contribution in [-0.4, -0.2) is 30.0 Å². The first kappa shape index (κ1) is 18.7. The average Bonchev–Trinajstić information content (AvgIpc) is 2.73. The molecule has 144 valence electrons. The van der Waals surface area contributed by atoms with Crippen LogP contribution < -0.4 is 5.56 Å². The van der Waals surface area contributed by atoms with Crippen molar-refractivity contribution in [1.82, 2.24) is 9.88 Å². The summed E-state index contributed by atoms with van der Waals surface area (Å²) in [6.07, 6.45) is 5.49. The Balaban J connectivity index is 1.79. The number of hydrogen-bond donors (Lipinski definition) is 1. The van der Waals surface area contributed by atoms with Crippen LogP contribution in [0.1, 0.15) is 42.4 Å². The fourth-order valence-electron chi connectivity index (χ4n) is 4.08. The molecule has 0 aliphatic carbocycles. The Bertz CT molecular complexity index is 1040. The Morgan fingerprint density at radius 3 is 2.50 bits per heavy atom. The van der Waals surface area contributed by atoms with E-state index in [9.17, 15) is 4.79 Å². The highest BCUT2D eigenvalue weighted by atomic mass is 16.1. The molecule has 1 fully saturated rings. The van der Waals surface area contributed by atoms with Crippen molar-refractivity contribution in [2.75, 3.05) is 20.1 Å². The van der Waals surface area contributed by atoms with Gasteiger partial charge in [-0.25, -0.2) is 0 Å². The summed E-state index contributed by atoms with van der Waals surface area (Å²) in [7, 11) is 2.20. The first-order valence-corrected chi connectivity index (χ1v) is 10.2. The van der Waals surface area contributed by atoms with Gasteiger partial charge in [0.15, 0.2) is 0 Å². The Morgan fingerprint density at radius 1 is 1.04 bits per heavy atom. The summed E-state index contributed by atoms with van der Waals surface area (Å²) in [5, 5.41) is 1.11. The molecule has 1 unspecified atom stereocenters. The van der Waals surface area contributed by atoms with Gasteiger partial charge in [-0.3, -0.25) is 4.79 Å². The Hall–Kier alpha value is -2.65. The van der Waals surface area contributed by atoms with Crippen LogP contribution >= 0.6 is 0 Å². The Labute approximate surface area is 166 Å². The number of fused-ring (bicyclic) bond motifs is 1. The van der Waals surface area contributed by atoms with Crippen LogP contribution in [0.15, 0.2) is 71.0 Å². The summed E-state index contributed by atoms with van der Waals surface area (Å²) in [5.41, 5.74) is 5.91. The maximum Gasteiger partial charge on any atom is 0.251 e. The third-order valence-corrected chi connectivity index (χ3v) is 5.88. The van der Waals surface area contributed by atoms with Gasteiger partial charge in [0.2, 0.25) is 0 Å². The summed E-state index contributed by atoms with van der Waals surface area (Å²) in [4.78, 5) is 17.5. The zero-order chi connectivity index (χ0) is 19.5. The summed E-state index contributed by atoms with van der Waals surface area (Å²) >= 11 is 0. The predicted molar refractivity (Wildman–Crippen MR) is 117 cm³/mol. The highest BCUT2D eigenvalue weighted by Crippen LogP contribution is 2.31. The van der Waals surface area contributed by atoms with Gasteiger partial charge in [0.05, 0.1) is 0 Å². The molecule has 2 aromatic carbocycles. The van der Waals surface area contributed by atoms with E-state index in [1.165, 1.54) is 11.1 Å². The largest absolute Gasteiger partial charge is 0.322 e. The molecule has 1 aliphatic heterocycles. The van der Waals surface area contributed by atoms with E-state index in [1.807, 2.05) is 13.0 Å². The molecule has 1 N–H and O–H groups in total. The molecule has 2 heterocycles. The molecule has 1 atom stereocenters. The average molecular weight is 373 g/mol. The minimum absolute atomic E-state index is 0.0239. The number of nitrogens with zero attached hydrogens (tertiary/aromatic N) is 1. The number of aromatic nitrogens is 1. The van der Waals surface area contributed by atoms with E-state index in [0.29, 0.717) is 0 Å². The second-order valence-electron chi connectivity index (χ2n) is 7.84. The van der Waals surface area contributed by atoms with Gasteiger partial charge in [-0.05, 0) is 61.0 Å². The molecule has 1 saturated heterocycles. The van der Waals surface area contributed by atoms with Gasteiger partial charge in [0.1, 0.15) is 0 Å². The van der Waals surface area contributed by atoms with Crippen LogP contribution in [0.4, 0.5) is 0 Å².